The van der Waals surface area contributed by atoms with Crippen LogP contribution >= 0.6 is 0 Å². The average molecular weight is 1640 g/mol. The Morgan fingerprint density at radius 1 is 0.219 bits per heavy atom. The standard InChI is InChI=1S/C123H93BN4/c1-80-66-117-119-118(67-80)128(121-104(86-44-24-13-25-45-86)75-98(123(5,6)7)77-106(121)96-53-33-51-92(71-96)90-49-31-47-88(69-90)82-36-16-9-17-37-82)116-79-100(126-113-64-58-93(83-38-18-10-19-39-83)72-107(113)108-73-94(59-65-114(108)126)84-40-20-11-21-41-84)61-63-110(116)124(119)109-62-60-99(125-111-56-28-26-54-101(111)102-55-27-29-57-112(102)125)78-115(109)127(117)120-103(85-42-22-12-23-43-85)74-97(122(2,3)4)76-105(120)95-52-32-50-91(70-95)89-48-30-46-87(68-89)81-34-14-8-15-35-81/h8-79H,1-7H3/i1D3. The topological polar surface area (TPSA) is 16.3 Å². The maximum atomic E-state index is 10.3. The van der Waals surface area contributed by atoms with Crippen molar-refractivity contribution >= 4 is 101 Å². The van der Waals surface area contributed by atoms with Gasteiger partial charge in [-0.2, -0.15) is 0 Å². The minimum atomic E-state index is -2.67. The molecule has 0 saturated heterocycles. The first-order chi connectivity index (χ1) is 63.9. The fraction of sp³-hybridized carbons (Fsp3) is 0.0732. The zero-order valence-corrected chi connectivity index (χ0v) is 72.4. The highest BCUT2D eigenvalue weighted by Gasteiger charge is 2.46. The van der Waals surface area contributed by atoms with Gasteiger partial charge in [0.1, 0.15) is 0 Å². The van der Waals surface area contributed by atoms with E-state index in [1.54, 1.807) is 0 Å². The van der Waals surface area contributed by atoms with Gasteiger partial charge in [0.15, 0.2) is 0 Å². The highest BCUT2D eigenvalue weighted by atomic mass is 15.2. The molecule has 0 amide bonds. The van der Waals surface area contributed by atoms with Crippen LogP contribution in [-0.4, -0.2) is 15.8 Å². The summed E-state index contributed by atoms with van der Waals surface area (Å²) < 4.78 is 35.8. The molecule has 0 atom stereocenters. The molecule has 4 heterocycles. The molecule has 2 aliphatic rings. The molecule has 0 aliphatic carbocycles. The molecule has 0 N–H and O–H groups in total. The number of nitrogens with zero attached hydrogens (tertiary/aromatic N) is 4. The van der Waals surface area contributed by atoms with Crippen molar-refractivity contribution in [2.45, 2.75) is 59.2 Å². The monoisotopic (exact) mass is 1640 g/mol. The molecule has 4 nitrogen and oxygen atoms in total. The van der Waals surface area contributed by atoms with Crippen LogP contribution in [0.5, 0.6) is 0 Å². The lowest BCUT2D eigenvalue weighted by Gasteiger charge is -2.46. The lowest BCUT2D eigenvalue weighted by Crippen LogP contribution is -2.61. The molecular weight excluding hydrogens is 1540 g/mol. The number of rotatable bonds is 14. The first kappa shape index (κ1) is 73.9. The lowest BCUT2D eigenvalue weighted by atomic mass is 9.33. The summed E-state index contributed by atoms with van der Waals surface area (Å²) in [5.74, 6) is 0. The van der Waals surface area contributed by atoms with E-state index < -0.39 is 13.6 Å². The predicted molar refractivity (Wildman–Crippen MR) is 546 cm³/mol. The highest BCUT2D eigenvalue weighted by Crippen LogP contribution is 2.56. The summed E-state index contributed by atoms with van der Waals surface area (Å²) in [5.41, 5.74) is 37.7. The van der Waals surface area contributed by atoms with E-state index in [1.165, 1.54) is 0 Å². The third-order valence-corrected chi connectivity index (χ3v) is 26.6. The van der Waals surface area contributed by atoms with Crippen LogP contribution in [0.2, 0.25) is 0 Å². The van der Waals surface area contributed by atoms with E-state index in [4.69, 9.17) is 0 Å². The lowest BCUT2D eigenvalue weighted by molar-refractivity contribution is 0.590. The predicted octanol–water partition coefficient (Wildman–Crippen LogP) is 31.5. The second-order valence-corrected chi connectivity index (χ2v) is 36.5. The molecule has 0 bridgehead atoms. The Labute approximate surface area is 754 Å². The Kier molecular flexibility index (Phi) is 17.9. The highest BCUT2D eigenvalue weighted by molar-refractivity contribution is 7.00. The van der Waals surface area contributed by atoms with Gasteiger partial charge in [0.05, 0.1) is 33.4 Å². The van der Waals surface area contributed by atoms with Crippen LogP contribution in [0, 0.1) is 6.85 Å². The van der Waals surface area contributed by atoms with Crippen molar-refractivity contribution in [1.82, 2.24) is 9.13 Å². The Morgan fingerprint density at radius 2 is 0.500 bits per heavy atom. The number of hydrogen-bond acceptors (Lipinski definition) is 2. The molecule has 608 valence electrons. The second-order valence-electron chi connectivity index (χ2n) is 36.5. The van der Waals surface area contributed by atoms with E-state index in [1.807, 2.05) is 0 Å². The van der Waals surface area contributed by atoms with Gasteiger partial charge < -0.3 is 18.9 Å². The zero-order chi connectivity index (χ0) is 88.5. The number of para-hydroxylation sites is 2. The fourth-order valence-corrected chi connectivity index (χ4v) is 20.3. The van der Waals surface area contributed by atoms with Crippen LogP contribution in [0.25, 0.3) is 166 Å². The molecule has 19 aromatic carbocycles. The molecule has 0 fully saturated rings. The molecule has 0 saturated carbocycles. The van der Waals surface area contributed by atoms with Crippen molar-refractivity contribution in [3.8, 4) is 123 Å². The van der Waals surface area contributed by atoms with Gasteiger partial charge in [-0.1, -0.05) is 357 Å². The summed E-state index contributed by atoms with van der Waals surface area (Å²) in [7, 11) is 0. The van der Waals surface area contributed by atoms with Gasteiger partial charge in [0, 0.05) is 82.0 Å². The molecule has 23 rings (SSSR count). The maximum Gasteiger partial charge on any atom is 0.252 e. The van der Waals surface area contributed by atoms with Crippen molar-refractivity contribution in [3.63, 3.8) is 0 Å². The summed E-state index contributed by atoms with van der Waals surface area (Å²) in [6.07, 6.45) is 0. The fourth-order valence-electron chi connectivity index (χ4n) is 20.3. The minimum Gasteiger partial charge on any atom is -0.310 e. The Balaban J connectivity index is 0.869. The van der Waals surface area contributed by atoms with Crippen LogP contribution in [-0.2, 0) is 10.8 Å². The van der Waals surface area contributed by atoms with E-state index in [-0.39, 0.29) is 16.4 Å². The number of fused-ring (bicyclic) bond motifs is 10. The first-order valence-corrected chi connectivity index (χ1v) is 44.6. The quantitative estimate of drug-likeness (QED) is 0.101. The number of aryl methyl sites for hydroxylation is 1. The van der Waals surface area contributed by atoms with Crippen molar-refractivity contribution < 1.29 is 4.11 Å². The van der Waals surface area contributed by atoms with Crippen LogP contribution in [0.3, 0.4) is 0 Å². The van der Waals surface area contributed by atoms with Crippen LogP contribution in [0.1, 0.15) is 62.3 Å². The maximum absolute atomic E-state index is 10.3. The Hall–Kier alpha value is -15.6. The number of hydrogen-bond donors (Lipinski definition) is 0. The van der Waals surface area contributed by atoms with Crippen molar-refractivity contribution in [2.24, 2.45) is 0 Å². The van der Waals surface area contributed by atoms with Crippen LogP contribution in [0.15, 0.2) is 437 Å². The smallest absolute Gasteiger partial charge is 0.252 e. The summed E-state index contributed by atoms with van der Waals surface area (Å²) in [6.45, 7) is 10.7. The molecule has 128 heavy (non-hydrogen) atoms. The normalized spacial score (nSPS) is 12.9. The van der Waals surface area contributed by atoms with E-state index in [9.17, 15) is 4.11 Å². The van der Waals surface area contributed by atoms with Gasteiger partial charge in [-0.05, 0) is 261 Å². The van der Waals surface area contributed by atoms with Gasteiger partial charge in [-0.25, -0.2) is 0 Å². The molecular formula is C123H93BN4. The molecule has 0 radical (unpaired) electrons. The molecule has 2 aliphatic heterocycles. The Morgan fingerprint density at radius 3 is 0.844 bits per heavy atom. The van der Waals surface area contributed by atoms with Crippen molar-refractivity contribution in [1.29, 1.82) is 0 Å². The molecule has 0 spiro atoms. The minimum absolute atomic E-state index is 0.205. The Bertz CT molecular complexity index is 7910. The third-order valence-electron chi connectivity index (χ3n) is 26.6. The molecule has 0 unspecified atom stereocenters. The number of aromatic nitrogens is 2. The van der Waals surface area contributed by atoms with Gasteiger partial charge in [0.2, 0.25) is 0 Å². The average Bonchev–Trinajstić information content (AvgIpc) is 0.921. The third kappa shape index (κ3) is 13.4. The van der Waals surface area contributed by atoms with Crippen LogP contribution < -0.4 is 26.2 Å². The molecule has 2 aromatic heterocycles. The SMILES string of the molecule is [2H]C([2H])([2H])c1cc2c3c(c1)N(c1c(-c4ccccc4)cc(C(C)(C)C)cc1-c1cccc(-c4cccc(-c5ccccc5)c4)c1)c1cc(-n4c5ccc(-c6ccccc6)cc5c5cc(-c6ccccc6)ccc54)ccc1B3c1ccc(-n3c4ccccc4c4ccccc43)cc1N2c1c(-c2ccccc2)cc(C(C)(C)C)cc1-c1cccc(-c2cccc(-c3ccccc3)c2)c1. The molecule has 5 heteroatoms. The number of benzene rings is 19. The zero-order valence-electron chi connectivity index (χ0n) is 75.4. The van der Waals surface area contributed by atoms with Gasteiger partial charge in [-0.15, -0.1) is 0 Å². The van der Waals surface area contributed by atoms with Crippen molar-refractivity contribution in [2.75, 3.05) is 9.80 Å². The first-order valence-electron chi connectivity index (χ1n) is 46.1. The van der Waals surface area contributed by atoms with Gasteiger partial charge >= 0.3 is 0 Å². The van der Waals surface area contributed by atoms with Crippen LogP contribution in [0.4, 0.5) is 34.1 Å². The van der Waals surface area contributed by atoms with E-state index in [0.717, 1.165) is 228 Å². The van der Waals surface area contributed by atoms with Gasteiger partial charge in [-0.3, -0.25) is 0 Å². The second kappa shape index (κ2) is 31.0. The summed E-state index contributed by atoms with van der Waals surface area (Å²) in [6, 6.07) is 160. The summed E-state index contributed by atoms with van der Waals surface area (Å²) in [4.78, 5) is 5.04. The van der Waals surface area contributed by atoms with E-state index in [0.29, 0.717) is 0 Å². The van der Waals surface area contributed by atoms with E-state index in [2.05, 4.69) is 497 Å². The summed E-state index contributed by atoms with van der Waals surface area (Å²) in [5, 5.41) is 4.55. The molecule has 21 aromatic rings. The summed E-state index contributed by atoms with van der Waals surface area (Å²) >= 11 is 0. The largest absolute Gasteiger partial charge is 0.310 e. The van der Waals surface area contributed by atoms with Crippen molar-refractivity contribution in [3.05, 3.63) is 453 Å². The van der Waals surface area contributed by atoms with Gasteiger partial charge in [0.25, 0.3) is 6.71 Å². The number of anilines is 6. The van der Waals surface area contributed by atoms with E-state index >= 15 is 0 Å².